The van der Waals surface area contributed by atoms with Crippen molar-refractivity contribution in [2.75, 3.05) is 31.9 Å². The molecule has 0 unspecified atom stereocenters. The van der Waals surface area contributed by atoms with Gasteiger partial charge >= 0.3 is 0 Å². The van der Waals surface area contributed by atoms with E-state index in [9.17, 15) is 4.79 Å². The lowest BCUT2D eigenvalue weighted by Crippen LogP contribution is -2.38. The van der Waals surface area contributed by atoms with Crippen LogP contribution in [0.4, 0.5) is 5.69 Å². The number of likely N-dealkylation sites (N-methyl/N-ethyl adjacent to an activating group) is 1. The standard InChI is InChI=1S/C22H31N3O.2ClH/c1-3-24(4-2)16-17-25(18-19-10-6-5-7-11-19)22(26)15-14-20-12-8-9-13-21(20)23;;/h5-13H,3-4,14-18,23H2,1-2H3;2*1H. The number of para-hydroxylation sites is 1. The number of nitrogens with zero attached hydrogens (tertiary/aromatic N) is 2. The highest BCUT2D eigenvalue weighted by atomic mass is 35.5. The molecule has 0 aliphatic rings. The van der Waals surface area contributed by atoms with Crippen molar-refractivity contribution in [1.29, 1.82) is 0 Å². The maximum Gasteiger partial charge on any atom is 0.223 e. The first kappa shape index (κ1) is 26.2. The Kier molecular flexibility index (Phi) is 13.4. The molecular weight excluding hydrogens is 393 g/mol. The summed E-state index contributed by atoms with van der Waals surface area (Å²) in [4.78, 5) is 17.2. The summed E-state index contributed by atoms with van der Waals surface area (Å²) in [5, 5.41) is 0. The van der Waals surface area contributed by atoms with E-state index in [1.807, 2.05) is 47.4 Å². The minimum atomic E-state index is 0. The minimum Gasteiger partial charge on any atom is -0.399 e. The number of amides is 1. The Bertz CT molecular complexity index is 678. The number of nitrogen functional groups attached to an aromatic ring is 1. The number of hydrogen-bond donors (Lipinski definition) is 1. The second-order valence-corrected chi connectivity index (χ2v) is 6.53. The van der Waals surface area contributed by atoms with Gasteiger partial charge in [0.2, 0.25) is 5.91 Å². The smallest absolute Gasteiger partial charge is 0.223 e. The molecule has 2 N–H and O–H groups in total. The first-order valence-electron chi connectivity index (χ1n) is 9.51. The zero-order chi connectivity index (χ0) is 18.8. The van der Waals surface area contributed by atoms with Crippen LogP contribution in [0.15, 0.2) is 54.6 Å². The highest BCUT2D eigenvalue weighted by molar-refractivity contribution is 5.85. The molecule has 6 heteroatoms. The molecule has 0 aromatic heterocycles. The Morgan fingerprint density at radius 2 is 1.50 bits per heavy atom. The van der Waals surface area contributed by atoms with Gasteiger partial charge in [0, 0.05) is 31.7 Å². The molecule has 2 aromatic rings. The number of carbonyl (C=O) groups excluding carboxylic acids is 1. The zero-order valence-electron chi connectivity index (χ0n) is 16.8. The molecule has 2 aromatic carbocycles. The molecule has 0 bridgehead atoms. The molecular formula is C22H33Cl2N3O. The highest BCUT2D eigenvalue weighted by Gasteiger charge is 2.15. The first-order chi connectivity index (χ1) is 12.6. The molecule has 28 heavy (non-hydrogen) atoms. The summed E-state index contributed by atoms with van der Waals surface area (Å²) in [5.74, 6) is 0.185. The van der Waals surface area contributed by atoms with Crippen LogP contribution in [0.3, 0.4) is 0 Å². The summed E-state index contributed by atoms with van der Waals surface area (Å²) in [6, 6.07) is 18.0. The number of rotatable bonds is 10. The number of aryl methyl sites for hydroxylation is 1. The zero-order valence-corrected chi connectivity index (χ0v) is 18.5. The molecule has 1 amide bonds. The van der Waals surface area contributed by atoms with E-state index in [1.54, 1.807) is 0 Å². The van der Waals surface area contributed by atoms with Gasteiger partial charge in [0.1, 0.15) is 0 Å². The van der Waals surface area contributed by atoms with Crippen molar-refractivity contribution in [1.82, 2.24) is 9.80 Å². The van der Waals surface area contributed by atoms with Crippen LogP contribution in [-0.4, -0.2) is 41.9 Å². The normalized spacial score (nSPS) is 10.1. The molecule has 4 nitrogen and oxygen atoms in total. The number of hydrogen-bond acceptors (Lipinski definition) is 3. The maximum absolute atomic E-state index is 12.9. The second-order valence-electron chi connectivity index (χ2n) is 6.53. The molecule has 0 heterocycles. The maximum atomic E-state index is 12.9. The van der Waals surface area contributed by atoms with Crippen LogP contribution in [0.2, 0.25) is 0 Å². The van der Waals surface area contributed by atoms with Gasteiger partial charge in [0.15, 0.2) is 0 Å². The summed E-state index contributed by atoms with van der Waals surface area (Å²) < 4.78 is 0. The Balaban J connectivity index is 0.00000364. The summed E-state index contributed by atoms with van der Waals surface area (Å²) >= 11 is 0. The largest absolute Gasteiger partial charge is 0.399 e. The van der Waals surface area contributed by atoms with Gasteiger partial charge in [-0.2, -0.15) is 0 Å². The summed E-state index contributed by atoms with van der Waals surface area (Å²) in [7, 11) is 0. The molecule has 0 radical (unpaired) electrons. The van der Waals surface area contributed by atoms with Gasteiger partial charge in [0.25, 0.3) is 0 Å². The molecule has 0 fully saturated rings. The molecule has 0 saturated carbocycles. The monoisotopic (exact) mass is 425 g/mol. The van der Waals surface area contributed by atoms with Crippen molar-refractivity contribution in [3.63, 3.8) is 0 Å². The number of carbonyl (C=O) groups is 1. The number of anilines is 1. The number of benzene rings is 2. The summed E-state index contributed by atoms with van der Waals surface area (Å²) in [5.41, 5.74) is 8.98. The third-order valence-corrected chi connectivity index (χ3v) is 4.81. The molecule has 2 rings (SSSR count). The van der Waals surface area contributed by atoms with Gasteiger partial charge in [-0.15, -0.1) is 24.8 Å². The van der Waals surface area contributed by atoms with Crippen LogP contribution in [0.5, 0.6) is 0 Å². The number of nitrogens with two attached hydrogens (primary N) is 1. The first-order valence-corrected chi connectivity index (χ1v) is 9.51. The van der Waals surface area contributed by atoms with Crippen LogP contribution in [0.25, 0.3) is 0 Å². The third kappa shape index (κ3) is 8.51. The van der Waals surface area contributed by atoms with Crippen molar-refractivity contribution in [3.8, 4) is 0 Å². The van der Waals surface area contributed by atoms with E-state index in [1.165, 1.54) is 5.56 Å². The van der Waals surface area contributed by atoms with Crippen molar-refractivity contribution in [2.24, 2.45) is 0 Å². The SMILES string of the molecule is CCN(CC)CCN(Cc1ccccc1)C(=O)CCc1ccccc1N.Cl.Cl. The lowest BCUT2D eigenvalue weighted by atomic mass is 10.1. The van der Waals surface area contributed by atoms with Gasteiger partial charge in [-0.05, 0) is 36.7 Å². The van der Waals surface area contributed by atoms with Crippen molar-refractivity contribution < 1.29 is 4.79 Å². The molecule has 156 valence electrons. The Hall–Kier alpha value is -1.75. The van der Waals surface area contributed by atoms with E-state index in [-0.39, 0.29) is 30.7 Å². The molecule has 0 aliphatic carbocycles. The highest BCUT2D eigenvalue weighted by Crippen LogP contribution is 2.14. The van der Waals surface area contributed by atoms with Gasteiger partial charge in [-0.1, -0.05) is 62.4 Å². The quantitative estimate of drug-likeness (QED) is 0.573. The summed E-state index contributed by atoms with van der Waals surface area (Å²) in [6.07, 6.45) is 1.17. The minimum absolute atomic E-state index is 0. The van der Waals surface area contributed by atoms with Crippen LogP contribution < -0.4 is 5.73 Å². The Morgan fingerprint density at radius 1 is 0.893 bits per heavy atom. The van der Waals surface area contributed by atoms with Crippen LogP contribution in [0, 0.1) is 0 Å². The van der Waals surface area contributed by atoms with E-state index < -0.39 is 0 Å². The molecule has 0 saturated heterocycles. The summed E-state index contributed by atoms with van der Waals surface area (Å²) in [6.45, 7) is 8.63. The third-order valence-electron chi connectivity index (χ3n) is 4.81. The van der Waals surface area contributed by atoms with Gasteiger partial charge in [-0.3, -0.25) is 4.79 Å². The molecule has 0 atom stereocenters. The van der Waals surface area contributed by atoms with Crippen molar-refractivity contribution in [3.05, 3.63) is 65.7 Å². The predicted molar refractivity (Wildman–Crippen MR) is 123 cm³/mol. The average Bonchev–Trinajstić information content (AvgIpc) is 2.67. The molecule has 0 spiro atoms. The molecule has 0 aliphatic heterocycles. The van der Waals surface area contributed by atoms with E-state index in [0.717, 1.165) is 37.4 Å². The van der Waals surface area contributed by atoms with E-state index in [4.69, 9.17) is 5.73 Å². The average molecular weight is 426 g/mol. The van der Waals surface area contributed by atoms with Gasteiger partial charge in [-0.25, -0.2) is 0 Å². The van der Waals surface area contributed by atoms with Gasteiger partial charge < -0.3 is 15.5 Å². The fraction of sp³-hybridized carbons (Fsp3) is 0.409. The lowest BCUT2D eigenvalue weighted by molar-refractivity contribution is -0.132. The second kappa shape index (κ2) is 14.3. The fourth-order valence-corrected chi connectivity index (χ4v) is 3.06. The lowest BCUT2D eigenvalue weighted by Gasteiger charge is -2.27. The predicted octanol–water partition coefficient (Wildman–Crippen LogP) is 4.42. The van der Waals surface area contributed by atoms with Crippen LogP contribution in [0.1, 0.15) is 31.4 Å². The Labute approximate surface area is 181 Å². The van der Waals surface area contributed by atoms with Crippen LogP contribution in [-0.2, 0) is 17.8 Å². The number of halogens is 2. The van der Waals surface area contributed by atoms with E-state index in [2.05, 4.69) is 30.9 Å². The van der Waals surface area contributed by atoms with Gasteiger partial charge in [0.05, 0.1) is 0 Å². The van der Waals surface area contributed by atoms with E-state index in [0.29, 0.717) is 19.4 Å². The topological polar surface area (TPSA) is 49.6 Å². The van der Waals surface area contributed by atoms with Crippen LogP contribution >= 0.6 is 24.8 Å². The fourth-order valence-electron chi connectivity index (χ4n) is 3.06. The Morgan fingerprint density at radius 3 is 2.11 bits per heavy atom. The van der Waals surface area contributed by atoms with Crippen molar-refractivity contribution >= 4 is 36.4 Å². The van der Waals surface area contributed by atoms with E-state index >= 15 is 0 Å². The van der Waals surface area contributed by atoms with Crippen molar-refractivity contribution in [2.45, 2.75) is 33.2 Å².